The molecule has 2 aromatic rings. The molecule has 0 radical (unpaired) electrons. The molecule has 0 aromatic carbocycles. The molecule has 2 rings (SSSR count). The average Bonchev–Trinajstić information content (AvgIpc) is 3.12. The minimum absolute atomic E-state index is 0.133. The van der Waals surface area contributed by atoms with Crippen molar-refractivity contribution in [3.8, 4) is 5.75 Å². The van der Waals surface area contributed by atoms with E-state index < -0.39 is 5.97 Å². The van der Waals surface area contributed by atoms with Gasteiger partial charge in [-0.1, -0.05) is 6.07 Å². The van der Waals surface area contributed by atoms with Gasteiger partial charge in [0.1, 0.15) is 5.75 Å². The third-order valence-electron chi connectivity index (χ3n) is 2.40. The van der Waals surface area contributed by atoms with Crippen molar-refractivity contribution in [1.29, 1.82) is 0 Å². The molecule has 0 aliphatic rings. The minimum atomic E-state index is -0.464. The second-order valence-corrected chi connectivity index (χ2v) is 5.70. The van der Waals surface area contributed by atoms with Crippen LogP contribution in [0.5, 0.6) is 5.75 Å². The lowest BCUT2D eigenvalue weighted by Gasteiger charge is -2.06. The number of methoxy groups -OCH3 is 1. The maximum absolute atomic E-state index is 11.6. The van der Waals surface area contributed by atoms with E-state index in [0.717, 1.165) is 4.88 Å². The Labute approximate surface area is 124 Å². The predicted octanol–water partition coefficient (Wildman–Crippen LogP) is 2.29. The Morgan fingerprint density at radius 1 is 1.25 bits per heavy atom. The maximum Gasteiger partial charge on any atom is 0.351 e. The van der Waals surface area contributed by atoms with Gasteiger partial charge in [-0.3, -0.25) is 4.79 Å². The Balaban J connectivity index is 1.81. The first kappa shape index (κ1) is 14.5. The largest absolute Gasteiger partial charge is 0.482 e. The van der Waals surface area contributed by atoms with Gasteiger partial charge in [0.2, 0.25) is 0 Å². The molecule has 0 aliphatic carbocycles. The van der Waals surface area contributed by atoms with E-state index in [1.807, 2.05) is 17.5 Å². The predicted molar refractivity (Wildman–Crippen MR) is 77.3 cm³/mol. The third-order valence-corrected chi connectivity index (χ3v) is 4.15. The highest BCUT2D eigenvalue weighted by Gasteiger charge is 2.15. The number of carbonyl (C=O) groups is 2. The summed E-state index contributed by atoms with van der Waals surface area (Å²) in [6, 6.07) is 5.51. The van der Waals surface area contributed by atoms with Gasteiger partial charge >= 0.3 is 5.97 Å². The Morgan fingerprint density at radius 3 is 2.80 bits per heavy atom. The zero-order valence-electron chi connectivity index (χ0n) is 10.8. The molecule has 106 valence electrons. The summed E-state index contributed by atoms with van der Waals surface area (Å²) < 4.78 is 9.96. The summed E-state index contributed by atoms with van der Waals surface area (Å²) in [5.74, 6) is -0.331. The van der Waals surface area contributed by atoms with Gasteiger partial charge in [-0.05, 0) is 22.9 Å². The van der Waals surface area contributed by atoms with Crippen LogP contribution in [-0.4, -0.2) is 25.6 Å². The van der Waals surface area contributed by atoms with Gasteiger partial charge in [-0.15, -0.1) is 22.7 Å². The number of thiophene rings is 2. The van der Waals surface area contributed by atoms with Gasteiger partial charge in [-0.2, -0.15) is 0 Å². The van der Waals surface area contributed by atoms with Gasteiger partial charge in [0.05, 0.1) is 13.7 Å². The highest BCUT2D eigenvalue weighted by molar-refractivity contribution is 7.12. The highest BCUT2D eigenvalue weighted by Crippen LogP contribution is 2.25. The number of nitrogens with one attached hydrogen (secondary N) is 1. The second-order valence-electron chi connectivity index (χ2n) is 3.75. The van der Waals surface area contributed by atoms with Crippen LogP contribution in [0.15, 0.2) is 29.0 Å². The van der Waals surface area contributed by atoms with Crippen molar-refractivity contribution in [2.45, 2.75) is 6.54 Å². The number of amides is 1. The Kier molecular flexibility index (Phi) is 5.14. The molecule has 0 saturated heterocycles. The fourth-order valence-corrected chi connectivity index (χ4v) is 2.84. The molecule has 0 fully saturated rings. The average molecular weight is 311 g/mol. The summed E-state index contributed by atoms with van der Waals surface area (Å²) in [6.45, 7) is 0.347. The second kappa shape index (κ2) is 7.06. The number of hydrogen-bond donors (Lipinski definition) is 1. The zero-order valence-corrected chi connectivity index (χ0v) is 12.4. The first-order valence-corrected chi connectivity index (χ1v) is 7.54. The Hall–Kier alpha value is -1.86. The highest BCUT2D eigenvalue weighted by atomic mass is 32.1. The van der Waals surface area contributed by atoms with Crippen molar-refractivity contribution < 1.29 is 19.1 Å². The van der Waals surface area contributed by atoms with Crippen molar-refractivity contribution in [1.82, 2.24) is 5.32 Å². The smallest absolute Gasteiger partial charge is 0.351 e. The SMILES string of the molecule is COC(=O)c1sccc1OCC(=O)NCc1cccs1. The fraction of sp³-hybridized carbons (Fsp3) is 0.231. The fourth-order valence-electron chi connectivity index (χ4n) is 1.45. The molecule has 0 aliphatic heterocycles. The lowest BCUT2D eigenvalue weighted by atomic mass is 10.4. The molecule has 1 N–H and O–H groups in total. The van der Waals surface area contributed by atoms with Gasteiger partial charge in [-0.25, -0.2) is 4.79 Å². The summed E-state index contributed by atoms with van der Waals surface area (Å²) in [5, 5.41) is 6.41. The summed E-state index contributed by atoms with van der Waals surface area (Å²) >= 11 is 2.79. The van der Waals surface area contributed by atoms with Crippen LogP contribution in [0.1, 0.15) is 14.5 Å². The van der Waals surface area contributed by atoms with Crippen LogP contribution >= 0.6 is 22.7 Å². The van der Waals surface area contributed by atoms with Crippen molar-refractivity contribution in [2.24, 2.45) is 0 Å². The van der Waals surface area contributed by atoms with Gasteiger partial charge < -0.3 is 14.8 Å². The van der Waals surface area contributed by atoms with E-state index in [2.05, 4.69) is 10.1 Å². The first-order valence-electron chi connectivity index (χ1n) is 5.78. The van der Waals surface area contributed by atoms with E-state index in [0.29, 0.717) is 17.2 Å². The number of esters is 1. The van der Waals surface area contributed by atoms with E-state index in [4.69, 9.17) is 4.74 Å². The Bertz CT molecular complexity index is 577. The van der Waals surface area contributed by atoms with Crippen molar-refractivity contribution in [3.63, 3.8) is 0 Å². The molecule has 0 atom stereocenters. The topological polar surface area (TPSA) is 64.6 Å². The number of ether oxygens (including phenoxy) is 2. The maximum atomic E-state index is 11.6. The van der Waals surface area contributed by atoms with Gasteiger partial charge in [0.25, 0.3) is 5.91 Å². The van der Waals surface area contributed by atoms with Crippen LogP contribution in [0, 0.1) is 0 Å². The van der Waals surface area contributed by atoms with Crippen LogP contribution in [0.4, 0.5) is 0 Å². The molecule has 7 heteroatoms. The molecule has 0 saturated carbocycles. The van der Waals surface area contributed by atoms with E-state index >= 15 is 0 Å². The van der Waals surface area contributed by atoms with E-state index in [-0.39, 0.29) is 12.5 Å². The van der Waals surface area contributed by atoms with Crippen molar-refractivity contribution in [2.75, 3.05) is 13.7 Å². The zero-order chi connectivity index (χ0) is 14.4. The monoisotopic (exact) mass is 311 g/mol. The van der Waals surface area contributed by atoms with E-state index in [1.165, 1.54) is 18.4 Å². The van der Waals surface area contributed by atoms with Crippen molar-refractivity contribution in [3.05, 3.63) is 38.7 Å². The van der Waals surface area contributed by atoms with Crippen molar-refractivity contribution >= 4 is 34.6 Å². The molecular weight excluding hydrogens is 298 g/mol. The van der Waals surface area contributed by atoms with E-state index in [1.54, 1.807) is 22.8 Å². The van der Waals surface area contributed by atoms with Crippen LogP contribution < -0.4 is 10.1 Å². The third kappa shape index (κ3) is 3.82. The number of carbonyl (C=O) groups excluding carboxylic acids is 2. The lowest BCUT2D eigenvalue weighted by molar-refractivity contribution is -0.123. The minimum Gasteiger partial charge on any atom is -0.482 e. The summed E-state index contributed by atoms with van der Waals surface area (Å²) in [7, 11) is 1.31. The molecule has 2 aromatic heterocycles. The normalized spacial score (nSPS) is 10.1. The molecule has 2 heterocycles. The molecule has 0 unspecified atom stereocenters. The quantitative estimate of drug-likeness (QED) is 0.831. The number of hydrogen-bond acceptors (Lipinski definition) is 6. The standard InChI is InChI=1S/C13H13NO4S2/c1-17-13(16)12-10(4-6-20-12)18-8-11(15)14-7-9-3-2-5-19-9/h2-6H,7-8H2,1H3,(H,14,15). The van der Waals surface area contributed by atoms with E-state index in [9.17, 15) is 9.59 Å². The number of rotatable bonds is 6. The molecule has 0 spiro atoms. The van der Waals surface area contributed by atoms with Crippen LogP contribution in [0.3, 0.4) is 0 Å². The molecular formula is C13H13NO4S2. The molecule has 0 bridgehead atoms. The summed E-state index contributed by atoms with van der Waals surface area (Å²) in [6.07, 6.45) is 0. The molecule has 5 nitrogen and oxygen atoms in total. The molecule has 1 amide bonds. The van der Waals surface area contributed by atoms with Crippen LogP contribution in [-0.2, 0) is 16.1 Å². The lowest BCUT2D eigenvalue weighted by Crippen LogP contribution is -2.28. The summed E-state index contributed by atoms with van der Waals surface area (Å²) in [4.78, 5) is 24.5. The summed E-state index contributed by atoms with van der Waals surface area (Å²) in [5.41, 5.74) is 0. The van der Waals surface area contributed by atoms with Crippen LogP contribution in [0.25, 0.3) is 0 Å². The Morgan fingerprint density at radius 2 is 2.10 bits per heavy atom. The van der Waals surface area contributed by atoms with Gasteiger partial charge in [0, 0.05) is 4.88 Å². The van der Waals surface area contributed by atoms with Crippen LogP contribution in [0.2, 0.25) is 0 Å². The molecule has 20 heavy (non-hydrogen) atoms. The first-order chi connectivity index (χ1) is 9.70. The van der Waals surface area contributed by atoms with Gasteiger partial charge in [0.15, 0.2) is 11.5 Å².